The maximum atomic E-state index is 12.6. The quantitative estimate of drug-likeness (QED) is 0.893. The molecule has 0 radical (unpaired) electrons. The minimum absolute atomic E-state index is 0.0472. The maximum Gasteiger partial charge on any atom is 0.265 e. The molecule has 0 spiro atoms. The first-order valence-electron chi connectivity index (χ1n) is 7.01. The number of rotatable bonds is 6. The Balaban J connectivity index is 2.14. The van der Waals surface area contributed by atoms with Crippen molar-refractivity contribution >= 4 is 17.2 Å². The molecular formula is C16H20N2O2S. The topological polar surface area (TPSA) is 53.4 Å². The van der Waals surface area contributed by atoms with Crippen molar-refractivity contribution < 1.29 is 9.90 Å². The first-order valence-corrected chi connectivity index (χ1v) is 7.83. The lowest BCUT2D eigenvalue weighted by Gasteiger charge is -2.21. The average molecular weight is 304 g/mol. The number of hydrogen-bond acceptors (Lipinski definition) is 4. The summed E-state index contributed by atoms with van der Waals surface area (Å²) >= 11 is 1.43. The van der Waals surface area contributed by atoms with E-state index in [0.29, 0.717) is 23.9 Å². The van der Waals surface area contributed by atoms with E-state index in [9.17, 15) is 9.90 Å². The van der Waals surface area contributed by atoms with Crippen molar-refractivity contribution in [1.82, 2.24) is 9.88 Å². The van der Waals surface area contributed by atoms with Crippen molar-refractivity contribution in [2.24, 2.45) is 0 Å². The van der Waals surface area contributed by atoms with E-state index in [1.165, 1.54) is 11.3 Å². The standard InChI is InChI=1S/C16H20N2O2S/c1-12(2)15-17-10-14(21-15)16(20)18(8-9-19)11-13-6-4-3-5-7-13/h3-7,10,12,19H,8-9,11H2,1-2H3. The van der Waals surface area contributed by atoms with Gasteiger partial charge in [-0.05, 0) is 5.56 Å². The Kier molecular flexibility index (Phi) is 5.47. The SMILES string of the molecule is CC(C)c1ncc(C(=O)N(CCO)Cc2ccccc2)s1. The smallest absolute Gasteiger partial charge is 0.265 e. The van der Waals surface area contributed by atoms with Gasteiger partial charge in [-0.15, -0.1) is 11.3 Å². The highest BCUT2D eigenvalue weighted by atomic mass is 32.1. The van der Waals surface area contributed by atoms with E-state index in [-0.39, 0.29) is 12.5 Å². The second-order valence-electron chi connectivity index (χ2n) is 5.15. The van der Waals surface area contributed by atoms with Gasteiger partial charge in [0.2, 0.25) is 0 Å². The van der Waals surface area contributed by atoms with Crippen LogP contribution in [0.3, 0.4) is 0 Å². The summed E-state index contributed by atoms with van der Waals surface area (Å²) < 4.78 is 0. The number of aromatic nitrogens is 1. The summed E-state index contributed by atoms with van der Waals surface area (Å²) in [6.45, 7) is 4.89. The molecule has 0 unspecified atom stereocenters. The van der Waals surface area contributed by atoms with Gasteiger partial charge in [-0.25, -0.2) is 4.98 Å². The van der Waals surface area contributed by atoms with Crippen LogP contribution < -0.4 is 0 Å². The predicted molar refractivity (Wildman–Crippen MR) is 84.5 cm³/mol. The number of aliphatic hydroxyl groups is 1. The van der Waals surface area contributed by atoms with Crippen molar-refractivity contribution in [3.05, 3.63) is 52.0 Å². The Morgan fingerprint density at radius 3 is 2.62 bits per heavy atom. The maximum absolute atomic E-state index is 12.6. The van der Waals surface area contributed by atoms with Gasteiger partial charge >= 0.3 is 0 Å². The summed E-state index contributed by atoms with van der Waals surface area (Å²) in [6, 6.07) is 9.79. The molecule has 2 rings (SSSR count). The van der Waals surface area contributed by atoms with Crippen LogP contribution in [-0.4, -0.2) is 34.0 Å². The second-order valence-corrected chi connectivity index (χ2v) is 6.22. The molecule has 0 saturated carbocycles. The molecule has 5 heteroatoms. The minimum atomic E-state index is -0.0719. The first-order chi connectivity index (χ1) is 10.1. The molecule has 1 aromatic heterocycles. The summed E-state index contributed by atoms with van der Waals surface area (Å²) in [6.07, 6.45) is 1.64. The summed E-state index contributed by atoms with van der Waals surface area (Å²) in [4.78, 5) is 19.1. The Labute approximate surface area is 129 Å². The van der Waals surface area contributed by atoms with E-state index < -0.39 is 0 Å². The fraction of sp³-hybridized carbons (Fsp3) is 0.375. The molecule has 1 amide bonds. The number of hydrogen-bond donors (Lipinski definition) is 1. The molecule has 0 aliphatic rings. The van der Waals surface area contributed by atoms with Gasteiger partial charge in [0.05, 0.1) is 17.8 Å². The summed E-state index contributed by atoms with van der Waals surface area (Å²) in [7, 11) is 0. The van der Waals surface area contributed by atoms with Gasteiger partial charge in [-0.3, -0.25) is 4.79 Å². The second kappa shape index (κ2) is 7.33. The molecule has 1 heterocycles. The van der Waals surface area contributed by atoms with E-state index in [1.807, 2.05) is 30.3 Å². The molecular weight excluding hydrogens is 284 g/mol. The van der Waals surface area contributed by atoms with E-state index >= 15 is 0 Å². The zero-order chi connectivity index (χ0) is 15.2. The van der Waals surface area contributed by atoms with Gasteiger partial charge in [-0.1, -0.05) is 44.2 Å². The van der Waals surface area contributed by atoms with Crippen LogP contribution in [0.5, 0.6) is 0 Å². The van der Waals surface area contributed by atoms with Crippen LogP contribution >= 0.6 is 11.3 Å². The molecule has 21 heavy (non-hydrogen) atoms. The van der Waals surface area contributed by atoms with Crippen molar-refractivity contribution in [2.75, 3.05) is 13.2 Å². The lowest BCUT2D eigenvalue weighted by atomic mass is 10.2. The average Bonchev–Trinajstić information content (AvgIpc) is 2.97. The predicted octanol–water partition coefficient (Wildman–Crippen LogP) is 2.90. The highest BCUT2D eigenvalue weighted by molar-refractivity contribution is 7.13. The lowest BCUT2D eigenvalue weighted by molar-refractivity contribution is 0.0712. The van der Waals surface area contributed by atoms with E-state index in [1.54, 1.807) is 11.1 Å². The number of benzene rings is 1. The third-order valence-corrected chi connectivity index (χ3v) is 4.39. The monoisotopic (exact) mass is 304 g/mol. The van der Waals surface area contributed by atoms with Crippen LogP contribution in [0.4, 0.5) is 0 Å². The van der Waals surface area contributed by atoms with E-state index in [0.717, 1.165) is 10.6 Å². The number of carbonyl (C=O) groups is 1. The normalized spacial score (nSPS) is 10.9. The first kappa shape index (κ1) is 15.7. The molecule has 112 valence electrons. The Hall–Kier alpha value is -1.72. The van der Waals surface area contributed by atoms with Crippen LogP contribution in [0.1, 0.15) is 40.0 Å². The molecule has 0 saturated heterocycles. The van der Waals surface area contributed by atoms with Crippen molar-refractivity contribution in [1.29, 1.82) is 0 Å². The fourth-order valence-electron chi connectivity index (χ4n) is 1.99. The molecule has 1 aromatic carbocycles. The molecule has 4 nitrogen and oxygen atoms in total. The van der Waals surface area contributed by atoms with Crippen LogP contribution in [0.25, 0.3) is 0 Å². The van der Waals surface area contributed by atoms with Crippen LogP contribution in [0.2, 0.25) is 0 Å². The van der Waals surface area contributed by atoms with Gasteiger partial charge in [-0.2, -0.15) is 0 Å². The van der Waals surface area contributed by atoms with Gasteiger partial charge in [0.25, 0.3) is 5.91 Å². The van der Waals surface area contributed by atoms with Gasteiger partial charge in [0.1, 0.15) is 4.88 Å². The number of nitrogens with zero attached hydrogens (tertiary/aromatic N) is 2. The van der Waals surface area contributed by atoms with E-state index in [4.69, 9.17) is 0 Å². The van der Waals surface area contributed by atoms with Crippen molar-refractivity contribution in [2.45, 2.75) is 26.3 Å². The summed E-state index contributed by atoms with van der Waals surface area (Å²) in [5.74, 6) is 0.245. The van der Waals surface area contributed by atoms with Crippen LogP contribution in [0, 0.1) is 0 Å². The zero-order valence-electron chi connectivity index (χ0n) is 12.3. The third-order valence-electron chi connectivity index (χ3n) is 3.10. The minimum Gasteiger partial charge on any atom is -0.395 e. The van der Waals surface area contributed by atoms with Gasteiger partial charge in [0, 0.05) is 19.0 Å². The number of amides is 1. The molecule has 1 N–H and O–H groups in total. The highest BCUT2D eigenvalue weighted by Crippen LogP contribution is 2.22. The fourth-order valence-corrected chi connectivity index (χ4v) is 2.87. The number of carbonyl (C=O) groups excluding carboxylic acids is 1. The molecule has 0 aliphatic heterocycles. The zero-order valence-corrected chi connectivity index (χ0v) is 13.1. The van der Waals surface area contributed by atoms with Crippen LogP contribution in [-0.2, 0) is 6.54 Å². The number of thiazole rings is 1. The Morgan fingerprint density at radius 2 is 2.05 bits per heavy atom. The largest absolute Gasteiger partial charge is 0.395 e. The molecule has 0 fully saturated rings. The van der Waals surface area contributed by atoms with Crippen LogP contribution in [0.15, 0.2) is 36.5 Å². The Bertz CT molecular complexity index is 581. The molecule has 2 aromatic rings. The molecule has 0 bridgehead atoms. The third kappa shape index (κ3) is 4.12. The van der Waals surface area contributed by atoms with E-state index in [2.05, 4.69) is 18.8 Å². The van der Waals surface area contributed by atoms with Gasteiger partial charge in [0.15, 0.2) is 0 Å². The number of aliphatic hydroxyl groups excluding tert-OH is 1. The van der Waals surface area contributed by atoms with Crippen molar-refractivity contribution in [3.8, 4) is 0 Å². The lowest BCUT2D eigenvalue weighted by Crippen LogP contribution is -2.32. The highest BCUT2D eigenvalue weighted by Gasteiger charge is 2.19. The summed E-state index contributed by atoms with van der Waals surface area (Å²) in [5, 5.41) is 10.2. The van der Waals surface area contributed by atoms with Gasteiger partial charge < -0.3 is 10.0 Å². The van der Waals surface area contributed by atoms with Crippen molar-refractivity contribution in [3.63, 3.8) is 0 Å². The molecule has 0 aliphatic carbocycles. The Morgan fingerprint density at radius 1 is 1.33 bits per heavy atom. The molecule has 0 atom stereocenters. The summed E-state index contributed by atoms with van der Waals surface area (Å²) in [5.41, 5.74) is 1.05.